The molecule has 0 N–H and O–H groups in total. The number of carbonyl (C=O) groups excluding carboxylic acids is 2. The first-order valence-corrected chi connectivity index (χ1v) is 5.91. The fourth-order valence-corrected chi connectivity index (χ4v) is 2.15. The largest absolute Gasteiger partial charge is 0.466 e. The van der Waals surface area contributed by atoms with E-state index in [1.54, 1.807) is 6.92 Å². The van der Waals surface area contributed by atoms with Gasteiger partial charge in [0.15, 0.2) is 0 Å². The number of carbonyl (C=O) groups is 2. The van der Waals surface area contributed by atoms with E-state index in [2.05, 4.69) is 4.74 Å². The zero-order chi connectivity index (χ0) is 12.0. The topological polar surface area (TPSA) is 43.4 Å². The maximum absolute atomic E-state index is 11.9. The lowest BCUT2D eigenvalue weighted by Crippen LogP contribution is -2.17. The predicted molar refractivity (Wildman–Crippen MR) is 62.0 cm³/mol. The Balaban J connectivity index is 2.43. The number of hydrogen-bond donors (Lipinski definition) is 0. The van der Waals surface area contributed by atoms with Gasteiger partial charge in [0.05, 0.1) is 7.11 Å². The van der Waals surface area contributed by atoms with E-state index in [1.165, 1.54) is 19.6 Å². The summed E-state index contributed by atoms with van der Waals surface area (Å²) < 4.78 is 4.52. The molecule has 3 heteroatoms. The van der Waals surface area contributed by atoms with Gasteiger partial charge in [-0.25, -0.2) is 4.79 Å². The van der Waals surface area contributed by atoms with Crippen LogP contribution in [0, 0.1) is 5.92 Å². The summed E-state index contributed by atoms with van der Waals surface area (Å²) in [6.45, 7) is 1.80. The molecule has 1 aliphatic rings. The highest BCUT2D eigenvalue weighted by Crippen LogP contribution is 2.26. The number of esters is 1. The Hall–Kier alpha value is -1.12. The Bertz CT molecular complexity index is 286. The van der Waals surface area contributed by atoms with E-state index < -0.39 is 0 Å². The van der Waals surface area contributed by atoms with Crippen LogP contribution in [0.1, 0.15) is 45.4 Å². The van der Waals surface area contributed by atoms with Crippen LogP contribution in [0.4, 0.5) is 0 Å². The number of Topliss-reactive ketones (excluding diaryl/α,β-unsaturated/α-hetero) is 1. The van der Waals surface area contributed by atoms with E-state index in [9.17, 15) is 9.59 Å². The van der Waals surface area contributed by atoms with Gasteiger partial charge in [-0.1, -0.05) is 24.8 Å². The van der Waals surface area contributed by atoms with Crippen LogP contribution in [0.2, 0.25) is 0 Å². The maximum atomic E-state index is 11.9. The second-order valence-corrected chi connectivity index (χ2v) is 4.49. The highest BCUT2D eigenvalue weighted by molar-refractivity contribution is 5.87. The molecule has 0 unspecified atom stereocenters. The highest BCUT2D eigenvalue weighted by Gasteiger charge is 2.20. The van der Waals surface area contributed by atoms with E-state index in [0.29, 0.717) is 6.42 Å². The Morgan fingerprint density at radius 1 is 1.25 bits per heavy atom. The number of ketones is 1. The summed E-state index contributed by atoms with van der Waals surface area (Å²) in [5.41, 5.74) is 0.794. The summed E-state index contributed by atoms with van der Waals surface area (Å²) in [4.78, 5) is 22.9. The average Bonchev–Trinajstić information content (AvgIpc) is 2.29. The van der Waals surface area contributed by atoms with Crippen LogP contribution in [0.3, 0.4) is 0 Å². The lowest BCUT2D eigenvalue weighted by molar-refractivity contribution is -0.134. The third-order valence-electron chi connectivity index (χ3n) is 3.08. The number of allylic oxidation sites excluding steroid dienone is 1. The van der Waals surface area contributed by atoms with Crippen LogP contribution in [0.15, 0.2) is 11.6 Å². The van der Waals surface area contributed by atoms with Crippen LogP contribution in [-0.2, 0) is 14.3 Å². The molecule has 1 aliphatic carbocycles. The van der Waals surface area contributed by atoms with Crippen molar-refractivity contribution in [2.75, 3.05) is 7.11 Å². The SMILES string of the molecule is COC(=O)/C=C(\C)CC(=O)C1CCCCC1. The quantitative estimate of drug-likeness (QED) is 0.544. The third kappa shape index (κ3) is 4.17. The van der Waals surface area contributed by atoms with Gasteiger partial charge >= 0.3 is 5.97 Å². The monoisotopic (exact) mass is 224 g/mol. The van der Waals surface area contributed by atoms with E-state index in [4.69, 9.17) is 0 Å². The maximum Gasteiger partial charge on any atom is 0.330 e. The van der Waals surface area contributed by atoms with Crippen LogP contribution < -0.4 is 0 Å². The number of rotatable bonds is 4. The molecule has 0 aromatic carbocycles. The summed E-state index contributed by atoms with van der Waals surface area (Å²) in [7, 11) is 1.34. The van der Waals surface area contributed by atoms with E-state index in [-0.39, 0.29) is 17.7 Å². The van der Waals surface area contributed by atoms with Crippen LogP contribution in [-0.4, -0.2) is 18.9 Å². The summed E-state index contributed by atoms with van der Waals surface area (Å²) in [5, 5.41) is 0. The molecule has 90 valence electrons. The molecule has 0 atom stereocenters. The third-order valence-corrected chi connectivity index (χ3v) is 3.08. The van der Waals surface area contributed by atoms with Gasteiger partial charge in [-0.05, 0) is 19.8 Å². The second-order valence-electron chi connectivity index (χ2n) is 4.49. The molecular formula is C13H20O3. The minimum Gasteiger partial charge on any atom is -0.466 e. The van der Waals surface area contributed by atoms with Crippen LogP contribution >= 0.6 is 0 Å². The minimum absolute atomic E-state index is 0.217. The van der Waals surface area contributed by atoms with Gasteiger partial charge in [0, 0.05) is 18.4 Å². The molecule has 1 fully saturated rings. The zero-order valence-corrected chi connectivity index (χ0v) is 10.1. The van der Waals surface area contributed by atoms with Crippen molar-refractivity contribution in [1.82, 2.24) is 0 Å². The fourth-order valence-electron chi connectivity index (χ4n) is 2.15. The highest BCUT2D eigenvalue weighted by atomic mass is 16.5. The van der Waals surface area contributed by atoms with Crippen LogP contribution in [0.25, 0.3) is 0 Å². The smallest absolute Gasteiger partial charge is 0.330 e. The molecule has 0 saturated heterocycles. The Morgan fingerprint density at radius 2 is 1.88 bits per heavy atom. The Labute approximate surface area is 96.9 Å². The summed E-state index contributed by atoms with van der Waals surface area (Å²) in [5.74, 6) is 0.112. The van der Waals surface area contributed by atoms with Gasteiger partial charge in [-0.15, -0.1) is 0 Å². The van der Waals surface area contributed by atoms with Gasteiger partial charge < -0.3 is 4.74 Å². The number of hydrogen-bond acceptors (Lipinski definition) is 3. The molecule has 1 rings (SSSR count). The molecule has 0 aromatic rings. The molecule has 0 spiro atoms. The van der Waals surface area contributed by atoms with Gasteiger partial charge in [0.2, 0.25) is 0 Å². The van der Waals surface area contributed by atoms with Crippen molar-refractivity contribution >= 4 is 11.8 Å². The molecule has 1 saturated carbocycles. The summed E-state index contributed by atoms with van der Waals surface area (Å²) in [6.07, 6.45) is 7.41. The molecule has 0 aromatic heterocycles. The molecule has 0 amide bonds. The molecule has 0 heterocycles. The Kier molecular flexibility index (Phi) is 5.23. The van der Waals surface area contributed by atoms with Gasteiger partial charge in [0.1, 0.15) is 5.78 Å². The molecule has 16 heavy (non-hydrogen) atoms. The average molecular weight is 224 g/mol. The lowest BCUT2D eigenvalue weighted by Gasteiger charge is -2.20. The number of methoxy groups -OCH3 is 1. The molecule has 0 bridgehead atoms. The van der Waals surface area contributed by atoms with Crippen molar-refractivity contribution in [3.8, 4) is 0 Å². The lowest BCUT2D eigenvalue weighted by atomic mass is 9.84. The van der Waals surface area contributed by atoms with Crippen molar-refractivity contribution in [3.05, 3.63) is 11.6 Å². The van der Waals surface area contributed by atoms with Crippen molar-refractivity contribution in [3.63, 3.8) is 0 Å². The predicted octanol–water partition coefficient (Wildman–Crippen LogP) is 2.65. The normalized spacial score (nSPS) is 18.2. The van der Waals surface area contributed by atoms with Crippen molar-refractivity contribution in [2.24, 2.45) is 5.92 Å². The minimum atomic E-state index is -0.381. The zero-order valence-electron chi connectivity index (χ0n) is 10.1. The fraction of sp³-hybridized carbons (Fsp3) is 0.692. The van der Waals surface area contributed by atoms with Gasteiger partial charge in [0.25, 0.3) is 0 Å². The van der Waals surface area contributed by atoms with Crippen molar-refractivity contribution in [2.45, 2.75) is 45.4 Å². The van der Waals surface area contributed by atoms with Crippen molar-refractivity contribution in [1.29, 1.82) is 0 Å². The first-order valence-electron chi connectivity index (χ1n) is 5.91. The van der Waals surface area contributed by atoms with E-state index in [0.717, 1.165) is 31.3 Å². The van der Waals surface area contributed by atoms with Gasteiger partial charge in [-0.2, -0.15) is 0 Å². The van der Waals surface area contributed by atoms with Crippen LogP contribution in [0.5, 0.6) is 0 Å². The Morgan fingerprint density at radius 3 is 2.44 bits per heavy atom. The van der Waals surface area contributed by atoms with Crippen molar-refractivity contribution < 1.29 is 14.3 Å². The summed E-state index contributed by atoms with van der Waals surface area (Å²) >= 11 is 0. The summed E-state index contributed by atoms with van der Waals surface area (Å²) in [6, 6.07) is 0. The molecule has 0 aliphatic heterocycles. The molecule has 3 nitrogen and oxygen atoms in total. The van der Waals surface area contributed by atoms with Gasteiger partial charge in [-0.3, -0.25) is 4.79 Å². The second kappa shape index (κ2) is 6.46. The molecule has 0 radical (unpaired) electrons. The number of ether oxygens (including phenoxy) is 1. The standard InChI is InChI=1S/C13H20O3/c1-10(9-13(15)16-2)8-12(14)11-6-4-3-5-7-11/h9,11H,3-8H2,1-2H3/b10-9+. The first-order chi connectivity index (χ1) is 7.63. The van der Waals surface area contributed by atoms with E-state index >= 15 is 0 Å². The van der Waals surface area contributed by atoms with E-state index in [1.807, 2.05) is 0 Å². The molecular weight excluding hydrogens is 204 g/mol. The first kappa shape index (κ1) is 12.9.